The summed E-state index contributed by atoms with van der Waals surface area (Å²) in [5.41, 5.74) is 0.528. The van der Waals surface area contributed by atoms with E-state index in [4.69, 9.17) is 14.0 Å². The summed E-state index contributed by atoms with van der Waals surface area (Å²) in [6, 6.07) is 5.53. The number of ether oxygens (including phenoxy) is 1. The minimum Gasteiger partial charge on any atom is -0.496 e. The van der Waals surface area contributed by atoms with E-state index in [2.05, 4.69) is 19.2 Å². The molecule has 0 saturated carbocycles. The van der Waals surface area contributed by atoms with Crippen LogP contribution >= 0.6 is 0 Å². The van der Waals surface area contributed by atoms with E-state index < -0.39 is 18.3 Å². The monoisotopic (exact) mass is 347 g/mol. The predicted molar refractivity (Wildman–Crippen MR) is 100 cm³/mol. The number of carbonyl (C=O) groups is 1. The molecule has 1 aromatic rings. The van der Waals surface area contributed by atoms with Crippen LogP contribution in [0.2, 0.25) is 0 Å². The average molecular weight is 347 g/mol. The van der Waals surface area contributed by atoms with E-state index in [0.29, 0.717) is 17.2 Å². The fraction of sp³-hybridized carbons (Fsp3) is 0.632. The summed E-state index contributed by atoms with van der Waals surface area (Å²) in [5.74, 6) is 0.734. The Balaban J connectivity index is 2.24. The lowest BCUT2D eigenvalue weighted by Gasteiger charge is -2.32. The van der Waals surface area contributed by atoms with Crippen LogP contribution < -0.4 is 15.5 Å². The number of rotatable bonds is 5. The highest BCUT2D eigenvalue weighted by Crippen LogP contribution is 2.36. The van der Waals surface area contributed by atoms with Crippen molar-refractivity contribution in [1.82, 2.24) is 5.32 Å². The zero-order valence-corrected chi connectivity index (χ0v) is 16.6. The predicted octanol–water partition coefficient (Wildman–Crippen LogP) is 2.77. The quantitative estimate of drug-likeness (QED) is 0.833. The number of amides is 1. The van der Waals surface area contributed by atoms with Crippen LogP contribution in [0.25, 0.3) is 0 Å². The molecule has 1 saturated heterocycles. The third kappa shape index (κ3) is 4.01. The van der Waals surface area contributed by atoms with Crippen molar-refractivity contribution in [1.29, 1.82) is 0 Å². The van der Waals surface area contributed by atoms with Crippen molar-refractivity contribution in [3.05, 3.63) is 23.8 Å². The number of benzene rings is 1. The van der Waals surface area contributed by atoms with Gasteiger partial charge in [-0.2, -0.15) is 0 Å². The molecule has 5 nitrogen and oxygen atoms in total. The van der Waals surface area contributed by atoms with Crippen molar-refractivity contribution in [2.75, 3.05) is 7.11 Å². The maximum Gasteiger partial charge on any atom is 0.494 e. The molecular weight excluding hydrogens is 317 g/mol. The Morgan fingerprint density at radius 1 is 1.12 bits per heavy atom. The molecule has 1 N–H and O–H groups in total. The Labute approximate surface area is 151 Å². The van der Waals surface area contributed by atoms with Crippen LogP contribution in [0, 0.1) is 5.92 Å². The molecule has 138 valence electrons. The second-order valence-corrected chi connectivity index (χ2v) is 8.05. The topological polar surface area (TPSA) is 56.8 Å². The van der Waals surface area contributed by atoms with Gasteiger partial charge in [0, 0.05) is 6.04 Å². The molecule has 1 unspecified atom stereocenters. The van der Waals surface area contributed by atoms with Gasteiger partial charge in [0.1, 0.15) is 5.75 Å². The van der Waals surface area contributed by atoms with Crippen LogP contribution in [0.3, 0.4) is 0 Å². The second kappa shape index (κ2) is 7.00. The highest BCUT2D eigenvalue weighted by atomic mass is 16.7. The summed E-state index contributed by atoms with van der Waals surface area (Å²) < 4.78 is 17.6. The Kier molecular flexibility index (Phi) is 5.54. The lowest BCUT2D eigenvalue weighted by molar-refractivity contribution is 0.00578. The third-order valence-electron chi connectivity index (χ3n) is 5.35. The average Bonchev–Trinajstić information content (AvgIpc) is 2.74. The van der Waals surface area contributed by atoms with Gasteiger partial charge in [0.2, 0.25) is 0 Å². The Morgan fingerprint density at radius 2 is 1.68 bits per heavy atom. The van der Waals surface area contributed by atoms with E-state index in [9.17, 15) is 4.79 Å². The molecule has 25 heavy (non-hydrogen) atoms. The maximum absolute atomic E-state index is 12.5. The van der Waals surface area contributed by atoms with Crippen molar-refractivity contribution in [2.45, 2.75) is 65.7 Å². The molecule has 1 heterocycles. The molecule has 0 radical (unpaired) electrons. The van der Waals surface area contributed by atoms with Crippen molar-refractivity contribution < 1.29 is 18.8 Å². The molecule has 1 aliphatic heterocycles. The molecule has 2 rings (SSSR count). The van der Waals surface area contributed by atoms with Crippen LogP contribution in [-0.2, 0) is 9.31 Å². The van der Waals surface area contributed by atoms with Gasteiger partial charge in [-0.25, -0.2) is 0 Å². The first kappa shape index (κ1) is 19.8. The van der Waals surface area contributed by atoms with Gasteiger partial charge in [-0.15, -0.1) is 0 Å². The number of hydrogen-bond acceptors (Lipinski definition) is 4. The van der Waals surface area contributed by atoms with Crippen LogP contribution in [0.1, 0.15) is 58.8 Å². The minimum atomic E-state index is -0.481. The highest BCUT2D eigenvalue weighted by molar-refractivity contribution is 6.62. The summed E-state index contributed by atoms with van der Waals surface area (Å²) in [6.45, 7) is 14.2. The summed E-state index contributed by atoms with van der Waals surface area (Å²) in [7, 11) is 1.08. The normalized spacial score (nSPS) is 19.8. The largest absolute Gasteiger partial charge is 0.496 e. The molecule has 1 aliphatic rings. The first-order valence-electron chi connectivity index (χ1n) is 8.83. The van der Waals surface area contributed by atoms with Gasteiger partial charge >= 0.3 is 7.12 Å². The van der Waals surface area contributed by atoms with E-state index in [1.807, 2.05) is 46.8 Å². The number of carbonyl (C=O) groups excluding carboxylic acids is 1. The van der Waals surface area contributed by atoms with Crippen molar-refractivity contribution in [3.63, 3.8) is 0 Å². The van der Waals surface area contributed by atoms with Crippen LogP contribution in [-0.4, -0.2) is 37.4 Å². The standard InChI is InChI=1S/C19H30BNO4/c1-12(2)13(3)21-17(22)15-10-9-14(11-16(15)23-8)20-24-18(4,5)19(6,7)25-20/h9-13H,1-8H3,(H,21,22). The molecule has 6 heteroatoms. The molecule has 1 amide bonds. The molecule has 0 bridgehead atoms. The van der Waals surface area contributed by atoms with Gasteiger partial charge in [-0.1, -0.05) is 19.9 Å². The number of nitrogens with one attached hydrogen (secondary N) is 1. The SMILES string of the molecule is COc1cc(B2OC(C)(C)C(C)(C)O2)ccc1C(=O)NC(C)C(C)C. The maximum atomic E-state index is 12.5. The van der Waals surface area contributed by atoms with Gasteiger partial charge in [-0.05, 0) is 58.1 Å². The van der Waals surface area contributed by atoms with E-state index in [0.717, 1.165) is 5.46 Å². The Hall–Kier alpha value is -1.53. The molecule has 1 aromatic carbocycles. The zero-order chi connectivity index (χ0) is 19.0. The van der Waals surface area contributed by atoms with E-state index in [1.54, 1.807) is 13.2 Å². The fourth-order valence-corrected chi connectivity index (χ4v) is 2.47. The van der Waals surface area contributed by atoms with Gasteiger partial charge in [-0.3, -0.25) is 4.79 Å². The smallest absolute Gasteiger partial charge is 0.494 e. The number of hydrogen-bond donors (Lipinski definition) is 1. The van der Waals surface area contributed by atoms with Crippen molar-refractivity contribution >= 4 is 18.5 Å². The fourth-order valence-electron chi connectivity index (χ4n) is 2.47. The molecule has 0 aromatic heterocycles. The number of methoxy groups -OCH3 is 1. The van der Waals surface area contributed by atoms with E-state index >= 15 is 0 Å². The second-order valence-electron chi connectivity index (χ2n) is 8.05. The highest BCUT2D eigenvalue weighted by Gasteiger charge is 2.51. The van der Waals surface area contributed by atoms with Crippen LogP contribution in [0.4, 0.5) is 0 Å². The summed E-state index contributed by atoms with van der Waals surface area (Å²) in [4.78, 5) is 12.5. The van der Waals surface area contributed by atoms with Crippen molar-refractivity contribution in [2.24, 2.45) is 5.92 Å². The van der Waals surface area contributed by atoms with E-state index in [1.165, 1.54) is 0 Å². The first-order valence-corrected chi connectivity index (χ1v) is 8.83. The van der Waals surface area contributed by atoms with Gasteiger partial charge in [0.25, 0.3) is 5.91 Å². The van der Waals surface area contributed by atoms with Gasteiger partial charge in [0.15, 0.2) is 0 Å². The summed E-state index contributed by atoms with van der Waals surface area (Å²) in [6.07, 6.45) is 0. The van der Waals surface area contributed by atoms with E-state index in [-0.39, 0.29) is 11.9 Å². The molecule has 0 spiro atoms. The van der Waals surface area contributed by atoms with Gasteiger partial charge < -0.3 is 19.4 Å². The van der Waals surface area contributed by atoms with Crippen LogP contribution in [0.15, 0.2) is 18.2 Å². The van der Waals surface area contributed by atoms with Crippen LogP contribution in [0.5, 0.6) is 5.75 Å². The third-order valence-corrected chi connectivity index (χ3v) is 5.35. The molecule has 1 fully saturated rings. The van der Waals surface area contributed by atoms with Gasteiger partial charge in [0.05, 0.1) is 23.9 Å². The lowest BCUT2D eigenvalue weighted by atomic mass is 9.78. The summed E-state index contributed by atoms with van der Waals surface area (Å²) in [5, 5.41) is 3.00. The summed E-state index contributed by atoms with van der Waals surface area (Å²) >= 11 is 0. The molecular formula is C19H30BNO4. The Morgan fingerprint density at radius 3 is 2.16 bits per heavy atom. The minimum absolute atomic E-state index is 0.0833. The Bertz CT molecular complexity index is 626. The lowest BCUT2D eigenvalue weighted by Crippen LogP contribution is -2.41. The molecule has 0 aliphatic carbocycles. The van der Waals surface area contributed by atoms with Crippen molar-refractivity contribution in [3.8, 4) is 5.75 Å². The molecule has 1 atom stereocenters. The zero-order valence-electron chi connectivity index (χ0n) is 16.6. The first-order chi connectivity index (χ1) is 11.5.